The van der Waals surface area contributed by atoms with Gasteiger partial charge < -0.3 is 15.4 Å². The smallest absolute Gasteiger partial charge is 0.256 e. The fourth-order valence-electron chi connectivity index (χ4n) is 2.27. The first-order chi connectivity index (χ1) is 11.6. The van der Waals surface area contributed by atoms with E-state index in [0.29, 0.717) is 22.8 Å². The number of hydrogen-bond acceptors (Lipinski definition) is 4. The number of amides is 2. The maximum atomic E-state index is 12.2. The first kappa shape index (κ1) is 16.0. The van der Waals surface area contributed by atoms with Gasteiger partial charge in [-0.05, 0) is 55.7 Å². The van der Waals surface area contributed by atoms with Gasteiger partial charge in [-0.1, -0.05) is 0 Å². The average Bonchev–Trinajstić information content (AvgIpc) is 3.42. The van der Waals surface area contributed by atoms with Crippen LogP contribution in [0.4, 0.5) is 11.5 Å². The predicted octanol–water partition coefficient (Wildman–Crippen LogP) is 3.00. The van der Waals surface area contributed by atoms with Gasteiger partial charge in [0.15, 0.2) is 0 Å². The van der Waals surface area contributed by atoms with Crippen molar-refractivity contribution in [2.75, 3.05) is 17.7 Å². The zero-order valence-electron chi connectivity index (χ0n) is 13.6. The van der Waals surface area contributed by atoms with Gasteiger partial charge in [0.1, 0.15) is 11.6 Å². The molecule has 6 heteroatoms. The van der Waals surface area contributed by atoms with Crippen LogP contribution in [0.2, 0.25) is 0 Å². The van der Waals surface area contributed by atoms with Crippen LogP contribution in [-0.4, -0.2) is 23.9 Å². The number of aromatic nitrogens is 1. The molecular weight excluding hydrogens is 306 g/mol. The summed E-state index contributed by atoms with van der Waals surface area (Å²) in [6, 6.07) is 8.56. The van der Waals surface area contributed by atoms with Crippen molar-refractivity contribution in [3.63, 3.8) is 0 Å². The minimum atomic E-state index is -0.251. The summed E-state index contributed by atoms with van der Waals surface area (Å²) in [4.78, 5) is 28.2. The number of nitrogens with zero attached hydrogens (tertiary/aromatic N) is 1. The van der Waals surface area contributed by atoms with Crippen LogP contribution in [-0.2, 0) is 4.79 Å². The zero-order chi connectivity index (χ0) is 17.1. The minimum absolute atomic E-state index is 0.0370. The molecule has 1 saturated carbocycles. The maximum absolute atomic E-state index is 12.2. The summed E-state index contributed by atoms with van der Waals surface area (Å²) in [6.45, 7) is 1.87. The number of hydrogen-bond donors (Lipinski definition) is 2. The lowest BCUT2D eigenvalue weighted by Gasteiger charge is -2.10. The van der Waals surface area contributed by atoms with E-state index in [2.05, 4.69) is 15.6 Å². The molecule has 1 heterocycles. The number of anilines is 2. The molecule has 0 atom stereocenters. The van der Waals surface area contributed by atoms with Crippen LogP contribution in [0.15, 0.2) is 36.5 Å². The van der Waals surface area contributed by atoms with E-state index < -0.39 is 0 Å². The first-order valence-electron chi connectivity index (χ1n) is 7.79. The highest BCUT2D eigenvalue weighted by molar-refractivity contribution is 6.04. The molecule has 1 aliphatic carbocycles. The molecule has 0 bridgehead atoms. The van der Waals surface area contributed by atoms with Gasteiger partial charge in [0.05, 0.1) is 19.0 Å². The van der Waals surface area contributed by atoms with Gasteiger partial charge in [-0.25, -0.2) is 4.98 Å². The standard InChI is InChI=1S/C18H19N3O3/c1-11-9-16(19-10-15(11)20-17(22)12-3-4-12)21-18(23)13-5-7-14(24-2)8-6-13/h5-10,12H,3-4H2,1-2H3,(H,20,22)(H,19,21,23). The van der Waals surface area contributed by atoms with Crippen LogP contribution in [0.1, 0.15) is 28.8 Å². The maximum Gasteiger partial charge on any atom is 0.256 e. The Morgan fingerprint density at radius 2 is 1.88 bits per heavy atom. The molecule has 1 aromatic carbocycles. The van der Waals surface area contributed by atoms with Gasteiger partial charge in [-0.3, -0.25) is 9.59 Å². The van der Waals surface area contributed by atoms with Crippen molar-refractivity contribution >= 4 is 23.3 Å². The van der Waals surface area contributed by atoms with Crippen LogP contribution in [0.5, 0.6) is 5.75 Å². The van der Waals surface area contributed by atoms with E-state index in [1.54, 1.807) is 43.6 Å². The molecule has 0 spiro atoms. The molecule has 2 amide bonds. The molecule has 2 N–H and O–H groups in total. The van der Waals surface area contributed by atoms with E-state index in [9.17, 15) is 9.59 Å². The van der Waals surface area contributed by atoms with E-state index >= 15 is 0 Å². The second kappa shape index (κ2) is 6.70. The van der Waals surface area contributed by atoms with E-state index in [4.69, 9.17) is 4.74 Å². The SMILES string of the molecule is COc1ccc(C(=O)Nc2cc(C)c(NC(=O)C3CC3)cn2)cc1. The zero-order valence-corrected chi connectivity index (χ0v) is 13.6. The number of ether oxygens (including phenoxy) is 1. The van der Waals surface area contributed by atoms with E-state index in [1.165, 1.54) is 0 Å². The summed E-state index contributed by atoms with van der Waals surface area (Å²) in [5, 5.41) is 5.62. The molecule has 124 valence electrons. The fraction of sp³-hybridized carbons (Fsp3) is 0.278. The Hall–Kier alpha value is -2.89. The van der Waals surface area contributed by atoms with E-state index in [1.807, 2.05) is 6.92 Å². The first-order valence-corrected chi connectivity index (χ1v) is 7.79. The normalized spacial score (nSPS) is 13.2. The lowest BCUT2D eigenvalue weighted by molar-refractivity contribution is -0.117. The molecule has 6 nitrogen and oxygen atoms in total. The molecule has 0 saturated heterocycles. The lowest BCUT2D eigenvalue weighted by Crippen LogP contribution is -2.16. The van der Waals surface area contributed by atoms with Crippen LogP contribution < -0.4 is 15.4 Å². The van der Waals surface area contributed by atoms with E-state index in [-0.39, 0.29) is 17.7 Å². The molecule has 1 aliphatic rings. The van der Waals surface area contributed by atoms with Gasteiger partial charge >= 0.3 is 0 Å². The van der Waals surface area contributed by atoms with Crippen LogP contribution in [0.25, 0.3) is 0 Å². The molecule has 24 heavy (non-hydrogen) atoms. The summed E-state index contributed by atoms with van der Waals surface area (Å²) < 4.78 is 5.07. The minimum Gasteiger partial charge on any atom is -0.497 e. The Bertz CT molecular complexity index is 768. The predicted molar refractivity (Wildman–Crippen MR) is 91.3 cm³/mol. The molecule has 2 aromatic rings. The average molecular weight is 325 g/mol. The van der Waals surface area contributed by atoms with Crippen molar-refractivity contribution in [3.8, 4) is 5.75 Å². The molecule has 0 aliphatic heterocycles. The summed E-state index contributed by atoms with van der Waals surface area (Å²) in [6.07, 6.45) is 3.47. The van der Waals surface area contributed by atoms with Crippen molar-refractivity contribution in [3.05, 3.63) is 47.7 Å². The highest BCUT2D eigenvalue weighted by Crippen LogP contribution is 2.30. The summed E-state index contributed by atoms with van der Waals surface area (Å²) >= 11 is 0. The molecule has 3 rings (SSSR count). The van der Waals surface area contributed by atoms with Gasteiger partial charge in [-0.2, -0.15) is 0 Å². The summed E-state index contributed by atoms with van der Waals surface area (Å²) in [5.74, 6) is 1.06. The highest BCUT2D eigenvalue weighted by atomic mass is 16.5. The third-order valence-corrected chi connectivity index (χ3v) is 3.91. The number of pyridine rings is 1. The number of carbonyl (C=O) groups is 2. The number of carbonyl (C=O) groups excluding carboxylic acids is 2. The molecule has 0 radical (unpaired) electrons. The van der Waals surface area contributed by atoms with Crippen molar-refractivity contribution in [2.45, 2.75) is 19.8 Å². The monoisotopic (exact) mass is 325 g/mol. The molecular formula is C18H19N3O3. The third-order valence-electron chi connectivity index (χ3n) is 3.91. The quantitative estimate of drug-likeness (QED) is 0.885. The Kier molecular flexibility index (Phi) is 4.46. The number of nitrogens with one attached hydrogen (secondary N) is 2. The van der Waals surface area contributed by atoms with E-state index in [0.717, 1.165) is 18.4 Å². The van der Waals surface area contributed by atoms with Gasteiger partial charge in [0.25, 0.3) is 5.91 Å². The highest BCUT2D eigenvalue weighted by Gasteiger charge is 2.29. The Balaban J connectivity index is 1.66. The number of benzene rings is 1. The Labute approximate surface area is 140 Å². The van der Waals surface area contributed by atoms with Crippen molar-refractivity contribution in [2.24, 2.45) is 5.92 Å². The van der Waals surface area contributed by atoms with Crippen LogP contribution >= 0.6 is 0 Å². The van der Waals surface area contributed by atoms with Gasteiger partial charge in [0.2, 0.25) is 5.91 Å². The second-order valence-electron chi connectivity index (χ2n) is 5.83. The largest absolute Gasteiger partial charge is 0.497 e. The Morgan fingerprint density at radius 3 is 2.46 bits per heavy atom. The lowest BCUT2D eigenvalue weighted by atomic mass is 10.2. The van der Waals surface area contributed by atoms with Crippen molar-refractivity contribution in [1.82, 2.24) is 4.98 Å². The fourth-order valence-corrected chi connectivity index (χ4v) is 2.27. The number of aryl methyl sites for hydroxylation is 1. The number of rotatable bonds is 5. The molecule has 1 aromatic heterocycles. The van der Waals surface area contributed by atoms with Gasteiger partial charge in [-0.15, -0.1) is 0 Å². The summed E-state index contributed by atoms with van der Waals surface area (Å²) in [7, 11) is 1.57. The van der Waals surface area contributed by atoms with Crippen LogP contribution in [0, 0.1) is 12.8 Å². The second-order valence-corrected chi connectivity index (χ2v) is 5.83. The molecule has 1 fully saturated rings. The van der Waals surface area contributed by atoms with Crippen molar-refractivity contribution in [1.29, 1.82) is 0 Å². The Morgan fingerprint density at radius 1 is 1.17 bits per heavy atom. The van der Waals surface area contributed by atoms with Gasteiger partial charge in [0, 0.05) is 11.5 Å². The molecule has 0 unspecified atom stereocenters. The summed E-state index contributed by atoms with van der Waals surface area (Å²) in [5.41, 5.74) is 2.04. The third kappa shape index (κ3) is 3.71. The van der Waals surface area contributed by atoms with Crippen LogP contribution in [0.3, 0.4) is 0 Å². The number of methoxy groups -OCH3 is 1. The topological polar surface area (TPSA) is 80.3 Å². The van der Waals surface area contributed by atoms with Crippen molar-refractivity contribution < 1.29 is 14.3 Å².